The molecule has 0 radical (unpaired) electrons. The third kappa shape index (κ3) is 5.62. The van der Waals surface area contributed by atoms with Crippen molar-refractivity contribution in [1.82, 2.24) is 4.31 Å². The van der Waals surface area contributed by atoms with Gasteiger partial charge >= 0.3 is 5.97 Å². The number of para-hydroxylation sites is 1. The molecule has 0 spiro atoms. The fraction of sp³-hybridized carbons (Fsp3) is 0.364. The minimum absolute atomic E-state index is 0.118. The van der Waals surface area contributed by atoms with Crippen LogP contribution in [0, 0.1) is 0 Å². The quantitative estimate of drug-likeness (QED) is 0.572. The number of benzene rings is 2. The van der Waals surface area contributed by atoms with E-state index >= 15 is 0 Å². The van der Waals surface area contributed by atoms with E-state index in [0.29, 0.717) is 37.7 Å². The zero-order chi connectivity index (χ0) is 24.0. The smallest absolute Gasteiger partial charge is 0.342 e. The number of hydrogen-bond acceptors (Lipinski definition) is 8. The number of methoxy groups -OCH3 is 2. The fourth-order valence-corrected chi connectivity index (χ4v) is 4.62. The maximum absolute atomic E-state index is 12.7. The molecule has 2 aromatic rings. The Kier molecular flexibility index (Phi) is 7.90. The Hall–Kier alpha value is -3.15. The Bertz CT molecular complexity index is 1100. The summed E-state index contributed by atoms with van der Waals surface area (Å²) in [5.74, 6) is -0.764. The second kappa shape index (κ2) is 10.6. The van der Waals surface area contributed by atoms with Gasteiger partial charge in [-0.05, 0) is 43.3 Å². The third-order valence-corrected chi connectivity index (χ3v) is 6.92. The summed E-state index contributed by atoms with van der Waals surface area (Å²) >= 11 is 0. The van der Waals surface area contributed by atoms with Gasteiger partial charge in [0.15, 0.2) is 17.6 Å². The van der Waals surface area contributed by atoms with Gasteiger partial charge in [0.2, 0.25) is 10.0 Å². The molecule has 1 fully saturated rings. The highest BCUT2D eigenvalue weighted by Crippen LogP contribution is 2.31. The summed E-state index contributed by atoms with van der Waals surface area (Å²) in [5.41, 5.74) is 0.483. The number of ether oxygens (including phenoxy) is 4. The first kappa shape index (κ1) is 24.5. The molecule has 1 heterocycles. The van der Waals surface area contributed by atoms with Crippen LogP contribution in [0.5, 0.6) is 11.5 Å². The highest BCUT2D eigenvalue weighted by molar-refractivity contribution is 7.89. The summed E-state index contributed by atoms with van der Waals surface area (Å²) in [4.78, 5) is 25.2. The molecule has 1 saturated heterocycles. The first-order valence-corrected chi connectivity index (χ1v) is 11.6. The molecule has 1 N–H and O–H groups in total. The van der Waals surface area contributed by atoms with E-state index in [1.165, 1.54) is 55.8 Å². The molecule has 0 unspecified atom stereocenters. The number of nitrogens with one attached hydrogen (secondary N) is 1. The zero-order valence-electron chi connectivity index (χ0n) is 18.6. The summed E-state index contributed by atoms with van der Waals surface area (Å²) in [6.07, 6.45) is -1.12. The molecule has 0 saturated carbocycles. The Morgan fingerprint density at radius 2 is 1.70 bits per heavy atom. The van der Waals surface area contributed by atoms with E-state index in [2.05, 4.69) is 5.32 Å². The number of rotatable bonds is 8. The zero-order valence-corrected chi connectivity index (χ0v) is 19.4. The average Bonchev–Trinajstić information content (AvgIpc) is 2.84. The number of hydrogen-bond donors (Lipinski definition) is 1. The molecule has 1 aliphatic rings. The lowest BCUT2D eigenvalue weighted by Crippen LogP contribution is -2.40. The maximum atomic E-state index is 12.7. The second-order valence-electron chi connectivity index (χ2n) is 7.12. The fourth-order valence-electron chi connectivity index (χ4n) is 3.22. The first-order chi connectivity index (χ1) is 15.8. The number of nitrogens with zero attached hydrogens (tertiary/aromatic N) is 1. The van der Waals surface area contributed by atoms with Crippen LogP contribution in [-0.2, 0) is 24.3 Å². The Morgan fingerprint density at radius 1 is 1.03 bits per heavy atom. The SMILES string of the molecule is COc1cccc(C(=O)O[C@H](C)C(=O)Nc2ccc(S(=O)(=O)N3CCOCC3)cc2)c1OC. The van der Waals surface area contributed by atoms with Crippen LogP contribution in [-0.4, -0.2) is 71.2 Å². The van der Waals surface area contributed by atoms with Crippen molar-refractivity contribution in [3.8, 4) is 11.5 Å². The minimum Gasteiger partial charge on any atom is -0.493 e. The lowest BCUT2D eigenvalue weighted by Gasteiger charge is -2.26. The molecule has 178 valence electrons. The van der Waals surface area contributed by atoms with Crippen LogP contribution in [0.3, 0.4) is 0 Å². The van der Waals surface area contributed by atoms with Crippen LogP contribution in [0.25, 0.3) is 0 Å². The average molecular weight is 479 g/mol. The normalized spacial score (nSPS) is 15.4. The molecule has 0 aromatic heterocycles. The van der Waals surface area contributed by atoms with Crippen molar-refractivity contribution >= 4 is 27.6 Å². The number of morpholine rings is 1. The third-order valence-electron chi connectivity index (χ3n) is 5.01. The van der Waals surface area contributed by atoms with Crippen LogP contribution in [0.15, 0.2) is 47.4 Å². The number of carbonyl (C=O) groups is 2. The van der Waals surface area contributed by atoms with Gasteiger partial charge in [-0.15, -0.1) is 0 Å². The molecule has 10 nitrogen and oxygen atoms in total. The predicted molar refractivity (Wildman–Crippen MR) is 119 cm³/mol. The first-order valence-electron chi connectivity index (χ1n) is 10.2. The number of amides is 1. The van der Waals surface area contributed by atoms with Crippen LogP contribution in [0.1, 0.15) is 17.3 Å². The van der Waals surface area contributed by atoms with Gasteiger partial charge in [0.25, 0.3) is 5.91 Å². The molecule has 11 heteroatoms. The largest absolute Gasteiger partial charge is 0.493 e. The molecular weight excluding hydrogens is 452 g/mol. The monoisotopic (exact) mass is 478 g/mol. The Balaban J connectivity index is 1.64. The van der Waals surface area contributed by atoms with E-state index in [9.17, 15) is 18.0 Å². The maximum Gasteiger partial charge on any atom is 0.342 e. The summed E-state index contributed by atoms with van der Waals surface area (Å²) in [5, 5.41) is 2.61. The molecule has 3 rings (SSSR count). The van der Waals surface area contributed by atoms with Gasteiger partial charge in [0, 0.05) is 18.8 Å². The highest BCUT2D eigenvalue weighted by atomic mass is 32.2. The number of carbonyl (C=O) groups excluding carboxylic acids is 2. The summed E-state index contributed by atoms with van der Waals surface area (Å²) < 4.78 is 47.6. The molecular formula is C22H26N2O8S. The Morgan fingerprint density at radius 3 is 2.30 bits per heavy atom. The van der Waals surface area contributed by atoms with Crippen molar-refractivity contribution < 1.29 is 37.0 Å². The molecule has 1 amide bonds. The topological polar surface area (TPSA) is 120 Å². The van der Waals surface area contributed by atoms with Gasteiger partial charge < -0.3 is 24.3 Å². The molecule has 0 bridgehead atoms. The van der Waals surface area contributed by atoms with Gasteiger partial charge in [-0.2, -0.15) is 4.31 Å². The van der Waals surface area contributed by atoms with Gasteiger partial charge in [-0.1, -0.05) is 6.07 Å². The molecule has 1 aliphatic heterocycles. The van der Waals surface area contributed by atoms with Gasteiger partial charge in [0.1, 0.15) is 5.56 Å². The van der Waals surface area contributed by atoms with Gasteiger partial charge in [-0.3, -0.25) is 4.79 Å². The van der Waals surface area contributed by atoms with E-state index in [0.717, 1.165) is 0 Å². The van der Waals surface area contributed by atoms with Crippen molar-refractivity contribution in [2.24, 2.45) is 0 Å². The number of anilines is 1. The van der Waals surface area contributed by atoms with Crippen LogP contribution in [0.2, 0.25) is 0 Å². The van der Waals surface area contributed by atoms with E-state index in [1.54, 1.807) is 12.1 Å². The van der Waals surface area contributed by atoms with Crippen LogP contribution >= 0.6 is 0 Å². The van der Waals surface area contributed by atoms with Gasteiger partial charge in [-0.25, -0.2) is 13.2 Å². The minimum atomic E-state index is -3.63. The van der Waals surface area contributed by atoms with Crippen molar-refractivity contribution in [1.29, 1.82) is 0 Å². The van der Waals surface area contributed by atoms with E-state index in [4.69, 9.17) is 18.9 Å². The summed E-state index contributed by atoms with van der Waals surface area (Å²) in [6.45, 7) is 2.72. The van der Waals surface area contributed by atoms with Crippen molar-refractivity contribution in [2.75, 3.05) is 45.8 Å². The van der Waals surface area contributed by atoms with Gasteiger partial charge in [0.05, 0.1) is 32.3 Å². The summed E-state index contributed by atoms with van der Waals surface area (Å²) in [7, 11) is -0.792. The molecule has 1 atom stereocenters. The van der Waals surface area contributed by atoms with E-state index < -0.39 is 28.0 Å². The van der Waals surface area contributed by atoms with Crippen molar-refractivity contribution in [3.05, 3.63) is 48.0 Å². The Labute approximate surface area is 192 Å². The van der Waals surface area contributed by atoms with Crippen LogP contribution in [0.4, 0.5) is 5.69 Å². The number of sulfonamides is 1. The van der Waals surface area contributed by atoms with E-state index in [1.807, 2.05) is 0 Å². The predicted octanol–water partition coefficient (Wildman–Crippen LogP) is 1.91. The lowest BCUT2D eigenvalue weighted by atomic mass is 10.2. The number of esters is 1. The second-order valence-corrected chi connectivity index (χ2v) is 9.06. The van der Waals surface area contributed by atoms with Crippen molar-refractivity contribution in [3.63, 3.8) is 0 Å². The summed E-state index contributed by atoms with van der Waals surface area (Å²) in [6, 6.07) is 10.5. The molecule has 0 aliphatic carbocycles. The highest BCUT2D eigenvalue weighted by Gasteiger charge is 2.27. The van der Waals surface area contributed by atoms with E-state index in [-0.39, 0.29) is 16.2 Å². The molecule has 2 aromatic carbocycles. The van der Waals surface area contributed by atoms with Crippen LogP contribution < -0.4 is 14.8 Å². The van der Waals surface area contributed by atoms with Crippen molar-refractivity contribution in [2.45, 2.75) is 17.9 Å². The molecule has 33 heavy (non-hydrogen) atoms. The lowest BCUT2D eigenvalue weighted by molar-refractivity contribution is -0.123. The standard InChI is InChI=1S/C22H26N2O8S/c1-15(32-22(26)18-5-4-6-19(29-2)20(18)30-3)21(25)23-16-7-9-17(10-8-16)33(27,28)24-11-13-31-14-12-24/h4-10,15H,11-14H2,1-3H3,(H,23,25)/t15-/m1/s1.